The summed E-state index contributed by atoms with van der Waals surface area (Å²) in [5.41, 5.74) is 5.75. The summed E-state index contributed by atoms with van der Waals surface area (Å²) in [6.07, 6.45) is 6.24. The maximum absolute atomic E-state index is 9.00. The predicted molar refractivity (Wildman–Crippen MR) is 49.8 cm³/mol. The number of nitrogens with two attached hydrogens (primary N) is 1. The molecule has 0 aromatic carbocycles. The van der Waals surface area contributed by atoms with Crippen molar-refractivity contribution in [2.75, 3.05) is 5.75 Å². The third-order valence-electron chi connectivity index (χ3n) is 1.87. The number of thiol groups is 1. The van der Waals surface area contributed by atoms with Crippen LogP contribution in [0.15, 0.2) is 24.0 Å². The Bertz CT molecular complexity index is 189. The van der Waals surface area contributed by atoms with Gasteiger partial charge in [0.15, 0.2) is 0 Å². The fraction of sp³-hybridized carbons (Fsp3) is 0.500. The summed E-state index contributed by atoms with van der Waals surface area (Å²) in [4.78, 5) is 0. The van der Waals surface area contributed by atoms with Crippen LogP contribution in [0, 0.1) is 5.92 Å². The van der Waals surface area contributed by atoms with Crippen LogP contribution in [-0.2, 0) is 0 Å². The van der Waals surface area contributed by atoms with Crippen LogP contribution < -0.4 is 5.73 Å². The molecule has 1 aliphatic rings. The van der Waals surface area contributed by atoms with Gasteiger partial charge in [0.05, 0.1) is 0 Å². The summed E-state index contributed by atoms with van der Waals surface area (Å²) in [7, 11) is 0. The predicted octanol–water partition coefficient (Wildman–Crippen LogP) is 1.26. The lowest BCUT2D eigenvalue weighted by atomic mass is 9.94. The van der Waals surface area contributed by atoms with E-state index in [0.29, 0.717) is 17.4 Å². The van der Waals surface area contributed by atoms with E-state index in [0.717, 1.165) is 6.42 Å². The number of aliphatic hydroxyl groups is 1. The van der Waals surface area contributed by atoms with Crippen LogP contribution in [0.25, 0.3) is 0 Å². The molecule has 11 heavy (non-hydrogen) atoms. The lowest BCUT2D eigenvalue weighted by Crippen LogP contribution is -2.31. The molecule has 0 aliphatic heterocycles. The van der Waals surface area contributed by atoms with Gasteiger partial charge in [-0.05, 0) is 24.5 Å². The zero-order valence-corrected chi connectivity index (χ0v) is 7.17. The molecule has 0 aromatic rings. The van der Waals surface area contributed by atoms with Crippen molar-refractivity contribution in [3.8, 4) is 0 Å². The Morgan fingerprint density at radius 2 is 2.55 bits per heavy atom. The quantitative estimate of drug-likeness (QED) is 0.548. The van der Waals surface area contributed by atoms with E-state index in [1.807, 2.05) is 6.08 Å². The summed E-state index contributed by atoms with van der Waals surface area (Å²) in [5.74, 6) is 1.36. The smallest absolute Gasteiger partial charge is 0.111 e. The molecule has 0 spiro atoms. The minimum Gasteiger partial charge on any atom is -0.508 e. The van der Waals surface area contributed by atoms with Gasteiger partial charge in [-0.25, -0.2) is 0 Å². The molecule has 0 radical (unpaired) electrons. The first-order valence-electron chi connectivity index (χ1n) is 3.68. The molecule has 0 heterocycles. The fourth-order valence-electron chi connectivity index (χ4n) is 1.08. The standard InChI is InChI=1S/C8H13NOS/c9-8(5-11)6-1-3-7(10)4-2-6/h1,3-4,6,8,10-11H,2,5,9H2. The zero-order chi connectivity index (χ0) is 8.27. The minimum atomic E-state index is 0.0962. The van der Waals surface area contributed by atoms with Crippen molar-refractivity contribution in [2.24, 2.45) is 11.7 Å². The normalized spacial score (nSPS) is 26.4. The molecule has 3 heteroatoms. The fourth-order valence-corrected chi connectivity index (χ4v) is 1.35. The largest absolute Gasteiger partial charge is 0.508 e. The van der Waals surface area contributed by atoms with E-state index in [2.05, 4.69) is 12.6 Å². The van der Waals surface area contributed by atoms with Crippen LogP contribution in [0.1, 0.15) is 6.42 Å². The molecule has 0 aromatic heterocycles. The van der Waals surface area contributed by atoms with Gasteiger partial charge < -0.3 is 10.8 Å². The first-order chi connectivity index (χ1) is 5.24. The monoisotopic (exact) mass is 171 g/mol. The number of allylic oxidation sites excluding steroid dienone is 2. The summed E-state index contributed by atoms with van der Waals surface area (Å²) in [6.45, 7) is 0. The van der Waals surface area contributed by atoms with Crippen LogP contribution in [0.4, 0.5) is 0 Å². The average molecular weight is 171 g/mol. The Balaban J connectivity index is 2.48. The van der Waals surface area contributed by atoms with Crippen molar-refractivity contribution < 1.29 is 5.11 Å². The summed E-state index contributed by atoms with van der Waals surface area (Å²) < 4.78 is 0. The average Bonchev–Trinajstić information content (AvgIpc) is 2.05. The second kappa shape index (κ2) is 3.83. The highest BCUT2D eigenvalue weighted by molar-refractivity contribution is 7.80. The van der Waals surface area contributed by atoms with Gasteiger partial charge >= 0.3 is 0 Å². The topological polar surface area (TPSA) is 46.2 Å². The van der Waals surface area contributed by atoms with Crippen LogP contribution in [-0.4, -0.2) is 16.9 Å². The van der Waals surface area contributed by atoms with Gasteiger partial charge in [-0.2, -0.15) is 12.6 Å². The molecule has 1 aliphatic carbocycles. The highest BCUT2D eigenvalue weighted by Gasteiger charge is 2.14. The van der Waals surface area contributed by atoms with Crippen LogP contribution in [0.3, 0.4) is 0 Å². The van der Waals surface area contributed by atoms with Gasteiger partial charge in [0.2, 0.25) is 0 Å². The van der Waals surface area contributed by atoms with E-state index in [-0.39, 0.29) is 6.04 Å². The van der Waals surface area contributed by atoms with Crippen molar-refractivity contribution in [3.63, 3.8) is 0 Å². The van der Waals surface area contributed by atoms with Gasteiger partial charge in [-0.3, -0.25) is 0 Å². The Kier molecular flexibility index (Phi) is 3.02. The van der Waals surface area contributed by atoms with Crippen LogP contribution >= 0.6 is 12.6 Å². The molecule has 2 unspecified atom stereocenters. The first-order valence-corrected chi connectivity index (χ1v) is 4.31. The van der Waals surface area contributed by atoms with E-state index in [1.165, 1.54) is 0 Å². The molecule has 0 bridgehead atoms. The Morgan fingerprint density at radius 3 is 3.00 bits per heavy atom. The van der Waals surface area contributed by atoms with E-state index >= 15 is 0 Å². The van der Waals surface area contributed by atoms with Crippen LogP contribution in [0.5, 0.6) is 0 Å². The van der Waals surface area contributed by atoms with E-state index in [9.17, 15) is 0 Å². The molecule has 2 nitrogen and oxygen atoms in total. The maximum Gasteiger partial charge on any atom is 0.111 e. The number of aliphatic hydroxyl groups excluding tert-OH is 1. The van der Waals surface area contributed by atoms with Crippen molar-refractivity contribution in [2.45, 2.75) is 12.5 Å². The van der Waals surface area contributed by atoms with E-state index in [4.69, 9.17) is 10.8 Å². The lowest BCUT2D eigenvalue weighted by Gasteiger charge is -2.19. The van der Waals surface area contributed by atoms with E-state index in [1.54, 1.807) is 12.2 Å². The highest BCUT2D eigenvalue weighted by atomic mass is 32.1. The molecule has 0 saturated carbocycles. The Hall–Kier alpha value is -0.410. The minimum absolute atomic E-state index is 0.0962. The number of rotatable bonds is 2. The second-order valence-corrected chi connectivity index (χ2v) is 3.10. The molecular weight excluding hydrogens is 158 g/mol. The zero-order valence-electron chi connectivity index (χ0n) is 6.27. The maximum atomic E-state index is 9.00. The van der Waals surface area contributed by atoms with E-state index < -0.39 is 0 Å². The first kappa shape index (κ1) is 8.68. The van der Waals surface area contributed by atoms with Gasteiger partial charge in [-0.15, -0.1) is 0 Å². The van der Waals surface area contributed by atoms with Crippen LogP contribution in [0.2, 0.25) is 0 Å². The van der Waals surface area contributed by atoms with Crippen molar-refractivity contribution in [1.29, 1.82) is 0 Å². The molecule has 3 N–H and O–H groups in total. The second-order valence-electron chi connectivity index (χ2n) is 2.73. The Morgan fingerprint density at radius 1 is 1.82 bits per heavy atom. The molecule has 0 fully saturated rings. The van der Waals surface area contributed by atoms with Crippen molar-refractivity contribution >= 4 is 12.6 Å². The molecule has 0 amide bonds. The third-order valence-corrected chi connectivity index (χ3v) is 2.30. The van der Waals surface area contributed by atoms with Gasteiger partial charge in [-0.1, -0.05) is 6.08 Å². The molecule has 1 rings (SSSR count). The number of hydrogen-bond donors (Lipinski definition) is 3. The summed E-state index contributed by atoms with van der Waals surface area (Å²) >= 11 is 4.11. The van der Waals surface area contributed by atoms with Gasteiger partial charge in [0, 0.05) is 11.8 Å². The lowest BCUT2D eigenvalue weighted by molar-refractivity contribution is 0.415. The summed E-state index contributed by atoms with van der Waals surface area (Å²) in [6, 6.07) is 0.0962. The SMILES string of the molecule is NC(CS)C1C=CC(O)=CC1. The number of hydrogen-bond acceptors (Lipinski definition) is 3. The van der Waals surface area contributed by atoms with Crippen molar-refractivity contribution in [1.82, 2.24) is 0 Å². The van der Waals surface area contributed by atoms with Gasteiger partial charge in [0.25, 0.3) is 0 Å². The Labute approximate surface area is 72.2 Å². The molecule has 2 atom stereocenters. The molecular formula is C8H13NOS. The highest BCUT2D eigenvalue weighted by Crippen LogP contribution is 2.17. The summed E-state index contributed by atoms with van der Waals surface area (Å²) in [5, 5.41) is 9.00. The van der Waals surface area contributed by atoms with Gasteiger partial charge in [0.1, 0.15) is 5.76 Å². The van der Waals surface area contributed by atoms with Crippen molar-refractivity contribution in [3.05, 3.63) is 24.0 Å². The molecule has 0 saturated heterocycles. The molecule has 62 valence electrons. The third kappa shape index (κ3) is 2.27.